The number of carbonyl (C=O) groups excluding carboxylic acids is 1. The van der Waals surface area contributed by atoms with E-state index in [2.05, 4.69) is 15.1 Å². The van der Waals surface area contributed by atoms with Gasteiger partial charge in [-0.15, -0.1) is 0 Å². The van der Waals surface area contributed by atoms with Crippen LogP contribution in [-0.2, 0) is 10.0 Å². The van der Waals surface area contributed by atoms with Crippen LogP contribution in [0.3, 0.4) is 0 Å². The summed E-state index contributed by atoms with van der Waals surface area (Å²) in [7, 11) is -3.68. The van der Waals surface area contributed by atoms with Gasteiger partial charge in [-0.2, -0.15) is 5.10 Å². The Morgan fingerprint density at radius 2 is 1.75 bits per heavy atom. The fourth-order valence-corrected chi connectivity index (χ4v) is 4.06. The second kappa shape index (κ2) is 7.57. The van der Waals surface area contributed by atoms with E-state index >= 15 is 0 Å². The molecule has 8 heteroatoms. The van der Waals surface area contributed by atoms with Gasteiger partial charge in [0.1, 0.15) is 0 Å². The summed E-state index contributed by atoms with van der Waals surface area (Å²) in [6, 6.07) is 14.9. The second-order valence-corrected chi connectivity index (χ2v) is 9.02. The maximum atomic E-state index is 12.5. The minimum atomic E-state index is -3.68. The first-order valence-corrected chi connectivity index (χ1v) is 10.2. The summed E-state index contributed by atoms with van der Waals surface area (Å²) in [5.74, 6) is -0.328. The number of benzene rings is 2. The second-order valence-electron chi connectivity index (χ2n) is 7.33. The van der Waals surface area contributed by atoms with Gasteiger partial charge in [0, 0.05) is 29.2 Å². The highest BCUT2D eigenvalue weighted by Gasteiger charge is 2.22. The molecule has 0 fully saturated rings. The first-order chi connectivity index (χ1) is 13.1. The highest BCUT2D eigenvalue weighted by molar-refractivity contribution is 7.89. The average molecular weight is 398 g/mol. The van der Waals surface area contributed by atoms with Crippen molar-refractivity contribution in [1.29, 1.82) is 0 Å². The van der Waals surface area contributed by atoms with Gasteiger partial charge in [0.15, 0.2) is 0 Å². The van der Waals surface area contributed by atoms with Crippen LogP contribution < -0.4 is 10.0 Å². The molecule has 0 aliphatic carbocycles. The van der Waals surface area contributed by atoms with E-state index in [0.717, 1.165) is 5.69 Å². The first kappa shape index (κ1) is 19.8. The van der Waals surface area contributed by atoms with E-state index < -0.39 is 15.6 Å². The van der Waals surface area contributed by atoms with Crippen molar-refractivity contribution in [1.82, 2.24) is 14.5 Å². The third-order valence-corrected chi connectivity index (χ3v) is 5.50. The molecule has 28 heavy (non-hydrogen) atoms. The van der Waals surface area contributed by atoms with E-state index in [-0.39, 0.29) is 10.8 Å². The smallest absolute Gasteiger partial charge is 0.255 e. The molecule has 0 bridgehead atoms. The lowest BCUT2D eigenvalue weighted by Gasteiger charge is -2.20. The number of nitrogens with one attached hydrogen (secondary N) is 2. The molecule has 1 heterocycles. The lowest BCUT2D eigenvalue weighted by atomic mass is 10.1. The van der Waals surface area contributed by atoms with Gasteiger partial charge in [0.05, 0.1) is 10.6 Å². The Hall–Kier alpha value is -2.97. The van der Waals surface area contributed by atoms with Gasteiger partial charge < -0.3 is 5.32 Å². The molecule has 0 saturated carbocycles. The monoisotopic (exact) mass is 398 g/mol. The molecule has 0 saturated heterocycles. The minimum Gasteiger partial charge on any atom is -0.322 e. The molecule has 0 radical (unpaired) electrons. The number of rotatable bonds is 5. The summed E-state index contributed by atoms with van der Waals surface area (Å²) in [4.78, 5) is 12.6. The van der Waals surface area contributed by atoms with Crippen LogP contribution >= 0.6 is 0 Å². The number of carbonyl (C=O) groups is 1. The predicted molar refractivity (Wildman–Crippen MR) is 108 cm³/mol. The summed E-state index contributed by atoms with van der Waals surface area (Å²) >= 11 is 0. The van der Waals surface area contributed by atoms with E-state index in [0.29, 0.717) is 11.3 Å². The summed E-state index contributed by atoms with van der Waals surface area (Å²) in [6.45, 7) is 5.30. The standard InChI is InChI=1S/C20H22N4O3S/c1-20(2,3)23-28(26,27)18-7-4-6-16(14-18)22-19(25)15-8-10-17(11-9-15)24-13-5-12-21-24/h4-14,23H,1-3H3,(H,22,25). The molecule has 7 nitrogen and oxygen atoms in total. The molecule has 0 spiro atoms. The van der Waals surface area contributed by atoms with E-state index in [4.69, 9.17) is 0 Å². The molecule has 0 aliphatic heterocycles. The largest absolute Gasteiger partial charge is 0.322 e. The Morgan fingerprint density at radius 1 is 1.04 bits per heavy atom. The molecule has 1 aromatic heterocycles. The Balaban J connectivity index is 1.76. The highest BCUT2D eigenvalue weighted by atomic mass is 32.2. The molecule has 3 rings (SSSR count). The summed E-state index contributed by atoms with van der Waals surface area (Å²) in [5.41, 5.74) is 1.09. The third kappa shape index (κ3) is 4.85. The summed E-state index contributed by atoms with van der Waals surface area (Å²) in [5, 5.41) is 6.87. The van der Waals surface area contributed by atoms with Crippen molar-refractivity contribution in [2.45, 2.75) is 31.2 Å². The van der Waals surface area contributed by atoms with Crippen LogP contribution in [0.25, 0.3) is 5.69 Å². The fraction of sp³-hybridized carbons (Fsp3) is 0.200. The quantitative estimate of drug-likeness (QED) is 0.690. The van der Waals surface area contributed by atoms with Gasteiger partial charge in [0.25, 0.3) is 5.91 Å². The van der Waals surface area contributed by atoms with Crippen LogP contribution in [0.2, 0.25) is 0 Å². The molecule has 146 valence electrons. The fourth-order valence-electron chi connectivity index (χ4n) is 2.59. The predicted octanol–water partition coefficient (Wildman–Crippen LogP) is 3.20. The molecule has 0 atom stereocenters. The zero-order valence-corrected chi connectivity index (χ0v) is 16.7. The lowest BCUT2D eigenvalue weighted by Crippen LogP contribution is -2.40. The number of amides is 1. The van der Waals surface area contributed by atoms with Crippen molar-refractivity contribution < 1.29 is 13.2 Å². The summed E-state index contributed by atoms with van der Waals surface area (Å²) in [6.07, 6.45) is 3.49. The zero-order chi connectivity index (χ0) is 20.4. The molecule has 3 aromatic rings. The number of sulfonamides is 1. The zero-order valence-electron chi connectivity index (χ0n) is 15.9. The van der Waals surface area contributed by atoms with E-state index in [1.807, 2.05) is 12.3 Å². The first-order valence-electron chi connectivity index (χ1n) is 8.70. The van der Waals surface area contributed by atoms with Gasteiger partial charge in [-0.05, 0) is 69.3 Å². The SMILES string of the molecule is CC(C)(C)NS(=O)(=O)c1cccc(NC(=O)c2ccc(-n3cccn3)cc2)c1. The Bertz CT molecular complexity index is 1070. The van der Waals surface area contributed by atoms with Crippen LogP contribution in [0.5, 0.6) is 0 Å². The van der Waals surface area contributed by atoms with Crippen molar-refractivity contribution in [2.75, 3.05) is 5.32 Å². The minimum absolute atomic E-state index is 0.0919. The van der Waals surface area contributed by atoms with Crippen molar-refractivity contribution in [3.8, 4) is 5.69 Å². The van der Waals surface area contributed by atoms with Crippen LogP contribution in [0.4, 0.5) is 5.69 Å². The van der Waals surface area contributed by atoms with Crippen molar-refractivity contribution >= 4 is 21.6 Å². The van der Waals surface area contributed by atoms with Gasteiger partial charge in [-0.3, -0.25) is 4.79 Å². The third-order valence-electron chi connectivity index (χ3n) is 3.74. The number of anilines is 1. The van der Waals surface area contributed by atoms with Crippen molar-refractivity contribution in [3.05, 3.63) is 72.6 Å². The van der Waals surface area contributed by atoms with Crippen molar-refractivity contribution in [2.24, 2.45) is 0 Å². The Morgan fingerprint density at radius 3 is 2.36 bits per heavy atom. The number of hydrogen-bond acceptors (Lipinski definition) is 4. The van der Waals surface area contributed by atoms with Gasteiger partial charge in [-0.1, -0.05) is 6.07 Å². The average Bonchev–Trinajstić information content (AvgIpc) is 3.15. The van der Waals surface area contributed by atoms with E-state index in [9.17, 15) is 13.2 Å². The van der Waals surface area contributed by atoms with Gasteiger partial charge in [0.2, 0.25) is 10.0 Å². The molecular formula is C20H22N4O3S. The normalized spacial score (nSPS) is 12.0. The van der Waals surface area contributed by atoms with Crippen molar-refractivity contribution in [3.63, 3.8) is 0 Å². The topological polar surface area (TPSA) is 93.1 Å². The molecule has 2 aromatic carbocycles. The number of hydrogen-bond donors (Lipinski definition) is 2. The highest BCUT2D eigenvalue weighted by Crippen LogP contribution is 2.18. The van der Waals surface area contributed by atoms with Crippen LogP contribution in [0, 0.1) is 0 Å². The summed E-state index contributed by atoms with van der Waals surface area (Å²) < 4.78 is 29.2. The van der Waals surface area contributed by atoms with Crippen LogP contribution in [0.1, 0.15) is 31.1 Å². The van der Waals surface area contributed by atoms with Gasteiger partial charge in [-0.25, -0.2) is 17.8 Å². The molecule has 0 unspecified atom stereocenters. The van der Waals surface area contributed by atoms with E-state index in [1.54, 1.807) is 68.0 Å². The molecule has 0 aliphatic rings. The van der Waals surface area contributed by atoms with E-state index in [1.165, 1.54) is 12.1 Å². The molecule has 2 N–H and O–H groups in total. The van der Waals surface area contributed by atoms with Crippen LogP contribution in [-0.4, -0.2) is 29.6 Å². The Kier molecular flexibility index (Phi) is 5.35. The number of aromatic nitrogens is 2. The maximum absolute atomic E-state index is 12.5. The molecular weight excluding hydrogens is 376 g/mol. The Labute approximate surface area is 164 Å². The number of nitrogens with zero attached hydrogens (tertiary/aromatic N) is 2. The van der Waals surface area contributed by atoms with Crippen LogP contribution in [0.15, 0.2) is 71.9 Å². The maximum Gasteiger partial charge on any atom is 0.255 e. The lowest BCUT2D eigenvalue weighted by molar-refractivity contribution is 0.102. The molecule has 1 amide bonds. The van der Waals surface area contributed by atoms with Gasteiger partial charge >= 0.3 is 0 Å².